The number of benzene rings is 1. The van der Waals surface area contributed by atoms with Gasteiger partial charge in [-0.2, -0.15) is 28.2 Å². The van der Waals surface area contributed by atoms with Gasteiger partial charge in [0.2, 0.25) is 0 Å². The first kappa shape index (κ1) is 15.7. The summed E-state index contributed by atoms with van der Waals surface area (Å²) in [6.07, 6.45) is -8.76. The van der Waals surface area contributed by atoms with E-state index in [9.17, 15) is 31.4 Å². The van der Waals surface area contributed by atoms with Crippen LogP contribution < -0.4 is 0 Å². The molecule has 0 bridgehead atoms. The Morgan fingerprint density at radius 1 is 1.14 bits per heavy atom. The molecule has 1 heterocycles. The summed E-state index contributed by atoms with van der Waals surface area (Å²) in [5, 5.41) is 21.4. The molecule has 22 heavy (non-hydrogen) atoms. The second kappa shape index (κ2) is 4.94. The van der Waals surface area contributed by atoms with Gasteiger partial charge in [0.15, 0.2) is 0 Å². The van der Waals surface area contributed by atoms with E-state index in [0.717, 1.165) is 6.07 Å². The maximum atomic E-state index is 12.8. The molecule has 0 amide bonds. The molecule has 0 radical (unpaired) electrons. The van der Waals surface area contributed by atoms with Crippen molar-refractivity contribution in [1.82, 2.24) is 9.78 Å². The molecule has 0 saturated carbocycles. The third kappa shape index (κ3) is 2.83. The quantitative estimate of drug-likeness (QED) is 0.816. The predicted octanol–water partition coefficient (Wildman–Crippen LogP) is 3.62. The monoisotopic (exact) mass is 321 g/mol. The van der Waals surface area contributed by atoms with Gasteiger partial charge in [0.25, 0.3) is 0 Å². The first-order valence-corrected chi connectivity index (χ1v) is 5.50. The smallest absolute Gasteiger partial charge is 0.504 e. The van der Waals surface area contributed by atoms with Crippen LogP contribution in [0.2, 0.25) is 0 Å². The number of aromatic hydroxyl groups is 1. The maximum Gasteiger partial charge on any atom is 0.504 e. The van der Waals surface area contributed by atoms with Crippen LogP contribution in [0.5, 0.6) is 5.75 Å². The van der Waals surface area contributed by atoms with E-state index in [4.69, 9.17) is 5.26 Å². The molecule has 0 atom stereocenters. The normalized spacial score (nSPS) is 12.2. The average Bonchev–Trinajstić information content (AvgIpc) is 2.87. The SMILES string of the molecule is N#Cc1cc(-c2cnn(C(F)(F)F)c2)c(O)c(C(F)(F)F)c1. The molecule has 2 aromatic rings. The Morgan fingerprint density at radius 2 is 1.77 bits per heavy atom. The predicted molar refractivity (Wildman–Crippen MR) is 60.3 cm³/mol. The van der Waals surface area contributed by atoms with Crippen molar-refractivity contribution < 1.29 is 31.4 Å². The fourth-order valence-corrected chi connectivity index (χ4v) is 1.74. The molecular weight excluding hydrogens is 316 g/mol. The molecular formula is C12H5F6N3O. The fourth-order valence-electron chi connectivity index (χ4n) is 1.74. The van der Waals surface area contributed by atoms with Gasteiger partial charge < -0.3 is 5.11 Å². The number of halogens is 6. The summed E-state index contributed by atoms with van der Waals surface area (Å²) in [5.41, 5.74) is -2.94. The number of nitriles is 1. The van der Waals surface area contributed by atoms with Gasteiger partial charge in [0.05, 0.1) is 23.4 Å². The molecule has 0 aliphatic heterocycles. The highest BCUT2D eigenvalue weighted by Gasteiger charge is 2.36. The molecule has 0 aliphatic rings. The van der Waals surface area contributed by atoms with E-state index in [-0.39, 0.29) is 0 Å². The van der Waals surface area contributed by atoms with Crippen LogP contribution in [0.4, 0.5) is 26.3 Å². The lowest BCUT2D eigenvalue weighted by Crippen LogP contribution is -2.16. The van der Waals surface area contributed by atoms with Crippen molar-refractivity contribution in [2.75, 3.05) is 0 Å². The topological polar surface area (TPSA) is 61.8 Å². The lowest BCUT2D eigenvalue weighted by molar-refractivity contribution is -0.212. The Kier molecular flexibility index (Phi) is 3.52. The summed E-state index contributed by atoms with van der Waals surface area (Å²) in [6, 6.07) is 2.71. The summed E-state index contributed by atoms with van der Waals surface area (Å²) in [6.45, 7) is 0. The van der Waals surface area contributed by atoms with Crippen LogP contribution >= 0.6 is 0 Å². The average molecular weight is 321 g/mol. The highest BCUT2D eigenvalue weighted by molar-refractivity contribution is 5.73. The zero-order valence-electron chi connectivity index (χ0n) is 10.4. The van der Waals surface area contributed by atoms with E-state index in [2.05, 4.69) is 5.10 Å². The van der Waals surface area contributed by atoms with E-state index < -0.39 is 45.2 Å². The van der Waals surface area contributed by atoms with E-state index in [1.165, 1.54) is 6.07 Å². The number of phenolic OH excluding ortho intramolecular Hbond substituents is 1. The third-order valence-corrected chi connectivity index (χ3v) is 2.70. The van der Waals surface area contributed by atoms with Gasteiger partial charge in [0.1, 0.15) is 5.75 Å². The first-order valence-electron chi connectivity index (χ1n) is 5.50. The van der Waals surface area contributed by atoms with Crippen LogP contribution in [-0.4, -0.2) is 14.9 Å². The van der Waals surface area contributed by atoms with Crippen molar-refractivity contribution in [1.29, 1.82) is 5.26 Å². The number of hydrogen-bond acceptors (Lipinski definition) is 3. The molecule has 0 saturated heterocycles. The zero-order valence-corrected chi connectivity index (χ0v) is 10.4. The highest BCUT2D eigenvalue weighted by atomic mass is 19.4. The second-order valence-electron chi connectivity index (χ2n) is 4.17. The van der Waals surface area contributed by atoms with Gasteiger partial charge in [-0.25, -0.2) is 0 Å². The number of hydrogen-bond donors (Lipinski definition) is 1. The summed E-state index contributed by atoms with van der Waals surface area (Å²) in [5.74, 6) is -1.27. The van der Waals surface area contributed by atoms with Crippen molar-refractivity contribution in [3.05, 3.63) is 35.7 Å². The maximum absolute atomic E-state index is 12.8. The Bertz CT molecular complexity index is 754. The Labute approximate surface area is 118 Å². The van der Waals surface area contributed by atoms with Crippen LogP contribution in [0.1, 0.15) is 11.1 Å². The molecule has 10 heteroatoms. The van der Waals surface area contributed by atoms with Crippen molar-refractivity contribution in [2.45, 2.75) is 12.5 Å². The summed E-state index contributed by atoms with van der Waals surface area (Å²) in [4.78, 5) is 0. The standard InChI is InChI=1S/C12H5F6N3O/c13-11(14,15)9-2-6(3-19)1-8(10(9)22)7-4-20-21(5-7)12(16,17)18/h1-2,4-5,22H. The third-order valence-electron chi connectivity index (χ3n) is 2.70. The van der Waals surface area contributed by atoms with E-state index >= 15 is 0 Å². The van der Waals surface area contributed by atoms with E-state index in [0.29, 0.717) is 18.5 Å². The van der Waals surface area contributed by atoms with Crippen LogP contribution in [-0.2, 0) is 12.5 Å². The largest absolute Gasteiger partial charge is 0.507 e. The molecule has 2 rings (SSSR count). The number of phenols is 1. The van der Waals surface area contributed by atoms with Gasteiger partial charge in [0, 0.05) is 17.3 Å². The van der Waals surface area contributed by atoms with Crippen LogP contribution in [0, 0.1) is 11.3 Å². The second-order valence-corrected chi connectivity index (χ2v) is 4.17. The minimum atomic E-state index is -4.97. The molecule has 0 fully saturated rings. The molecule has 0 aliphatic carbocycles. The van der Waals surface area contributed by atoms with Gasteiger partial charge >= 0.3 is 12.5 Å². The molecule has 0 unspecified atom stereocenters. The number of aromatic nitrogens is 2. The molecule has 116 valence electrons. The molecule has 1 aromatic heterocycles. The van der Waals surface area contributed by atoms with Gasteiger partial charge in [-0.05, 0) is 12.1 Å². The van der Waals surface area contributed by atoms with Crippen LogP contribution in [0.3, 0.4) is 0 Å². The molecule has 1 N–H and O–H groups in total. The minimum absolute atomic E-state index is 0.405. The Morgan fingerprint density at radius 3 is 2.23 bits per heavy atom. The van der Waals surface area contributed by atoms with E-state index in [1.54, 1.807) is 0 Å². The molecule has 0 spiro atoms. The summed E-state index contributed by atoms with van der Waals surface area (Å²) >= 11 is 0. The minimum Gasteiger partial charge on any atom is -0.507 e. The molecule has 1 aromatic carbocycles. The Hall–Kier alpha value is -2.70. The summed E-state index contributed by atoms with van der Waals surface area (Å²) < 4.78 is 75.2. The van der Waals surface area contributed by atoms with Crippen molar-refractivity contribution in [3.8, 4) is 22.9 Å². The van der Waals surface area contributed by atoms with Crippen molar-refractivity contribution in [2.24, 2.45) is 0 Å². The highest BCUT2D eigenvalue weighted by Crippen LogP contribution is 2.42. The lowest BCUT2D eigenvalue weighted by atomic mass is 10.0. The number of nitrogens with zero attached hydrogens (tertiary/aromatic N) is 3. The Balaban J connectivity index is 2.66. The van der Waals surface area contributed by atoms with Crippen LogP contribution in [0.25, 0.3) is 11.1 Å². The van der Waals surface area contributed by atoms with E-state index in [1.807, 2.05) is 0 Å². The number of rotatable bonds is 1. The lowest BCUT2D eigenvalue weighted by Gasteiger charge is -2.12. The van der Waals surface area contributed by atoms with Crippen molar-refractivity contribution >= 4 is 0 Å². The first-order chi connectivity index (χ1) is 10.0. The van der Waals surface area contributed by atoms with Crippen molar-refractivity contribution in [3.63, 3.8) is 0 Å². The van der Waals surface area contributed by atoms with Gasteiger partial charge in [-0.1, -0.05) is 0 Å². The number of alkyl halides is 6. The van der Waals surface area contributed by atoms with Crippen LogP contribution in [0.15, 0.2) is 24.5 Å². The fraction of sp³-hybridized carbons (Fsp3) is 0.167. The van der Waals surface area contributed by atoms with Gasteiger partial charge in [-0.3, -0.25) is 0 Å². The molecule has 4 nitrogen and oxygen atoms in total. The van der Waals surface area contributed by atoms with Gasteiger partial charge in [-0.15, -0.1) is 13.2 Å². The summed E-state index contributed by atoms with van der Waals surface area (Å²) in [7, 11) is 0. The zero-order chi connectivity index (χ0) is 16.7.